The Morgan fingerprint density at radius 3 is 2.50 bits per heavy atom. The molecule has 2 aromatic rings. The van der Waals surface area contributed by atoms with Gasteiger partial charge in [-0.05, 0) is 6.07 Å². The Bertz CT molecular complexity index is 433. The monoisotopic (exact) mass is 219 g/mol. The van der Waals surface area contributed by atoms with E-state index >= 15 is 0 Å². The van der Waals surface area contributed by atoms with Gasteiger partial charge in [-0.3, -0.25) is 0 Å². The van der Waals surface area contributed by atoms with Crippen LogP contribution in [0.3, 0.4) is 0 Å². The lowest BCUT2D eigenvalue weighted by molar-refractivity contribution is 1.47. The van der Waals surface area contributed by atoms with Crippen LogP contribution in [0.5, 0.6) is 0 Å². The summed E-state index contributed by atoms with van der Waals surface area (Å²) in [6.45, 7) is 0. The number of fused-ring (bicyclic) bond motifs is 1. The summed E-state index contributed by atoms with van der Waals surface area (Å²) in [6, 6.07) is 5.49. The number of benzene rings is 1. The summed E-state index contributed by atoms with van der Waals surface area (Å²) in [7, 11) is 0. The van der Waals surface area contributed by atoms with E-state index in [4.69, 9.17) is 34.8 Å². The lowest BCUT2D eigenvalue weighted by Gasteiger charge is -1.91. The summed E-state index contributed by atoms with van der Waals surface area (Å²) in [5.74, 6) is 0. The van der Waals surface area contributed by atoms with Gasteiger partial charge in [0.05, 0.1) is 15.6 Å². The van der Waals surface area contributed by atoms with Crippen molar-refractivity contribution in [1.82, 2.24) is 4.98 Å². The van der Waals surface area contributed by atoms with E-state index < -0.39 is 0 Å². The molecule has 1 nitrogen and oxygen atoms in total. The number of aromatic nitrogens is 1. The molecule has 0 radical (unpaired) electrons. The molecule has 0 spiro atoms. The number of rotatable bonds is 0. The Morgan fingerprint density at radius 1 is 1.08 bits per heavy atom. The highest BCUT2D eigenvalue weighted by Crippen LogP contribution is 2.33. The van der Waals surface area contributed by atoms with E-state index in [1.165, 1.54) is 0 Å². The summed E-state index contributed by atoms with van der Waals surface area (Å²) < 4.78 is 0. The van der Waals surface area contributed by atoms with Crippen LogP contribution in [-0.2, 0) is 0 Å². The van der Waals surface area contributed by atoms with Crippen LogP contribution in [0.25, 0.3) is 10.9 Å². The quantitative estimate of drug-likeness (QED) is 0.687. The van der Waals surface area contributed by atoms with E-state index in [1.807, 2.05) is 12.1 Å². The first-order valence-electron chi connectivity index (χ1n) is 3.31. The maximum absolute atomic E-state index is 5.89. The van der Waals surface area contributed by atoms with Crippen molar-refractivity contribution in [2.75, 3.05) is 0 Å². The Balaban J connectivity index is 2.95. The average Bonchev–Trinajstić information content (AvgIpc) is 2.32. The SMILES string of the molecule is Clc1[nH]c2c(Cl)cccc2c1Cl. The molecular weight excluding hydrogens is 216 g/mol. The molecule has 0 aliphatic carbocycles. The number of nitrogens with one attached hydrogen (secondary N) is 1. The molecule has 0 fully saturated rings. The molecule has 1 N–H and O–H groups in total. The first-order chi connectivity index (χ1) is 5.70. The van der Waals surface area contributed by atoms with E-state index in [9.17, 15) is 0 Å². The Morgan fingerprint density at radius 2 is 1.83 bits per heavy atom. The minimum Gasteiger partial charge on any atom is -0.343 e. The van der Waals surface area contributed by atoms with Crippen molar-refractivity contribution in [1.29, 1.82) is 0 Å². The zero-order valence-corrected chi connectivity index (χ0v) is 8.13. The van der Waals surface area contributed by atoms with Gasteiger partial charge in [-0.1, -0.05) is 46.9 Å². The van der Waals surface area contributed by atoms with Crippen LogP contribution < -0.4 is 0 Å². The zero-order chi connectivity index (χ0) is 8.72. The minimum absolute atomic E-state index is 0.430. The van der Waals surface area contributed by atoms with Gasteiger partial charge in [0.15, 0.2) is 0 Å². The minimum atomic E-state index is 0.430. The highest BCUT2D eigenvalue weighted by atomic mass is 35.5. The molecule has 0 bridgehead atoms. The second-order valence-electron chi connectivity index (χ2n) is 2.42. The van der Waals surface area contributed by atoms with Crippen LogP contribution in [0.1, 0.15) is 0 Å². The molecule has 12 heavy (non-hydrogen) atoms. The number of hydrogen-bond donors (Lipinski definition) is 1. The number of halogens is 3. The number of H-pyrrole nitrogens is 1. The van der Waals surface area contributed by atoms with Gasteiger partial charge in [0, 0.05) is 5.39 Å². The largest absolute Gasteiger partial charge is 0.343 e. The molecule has 0 aliphatic rings. The third-order valence-electron chi connectivity index (χ3n) is 1.68. The summed E-state index contributed by atoms with van der Waals surface area (Å²) >= 11 is 17.6. The van der Waals surface area contributed by atoms with Crippen LogP contribution in [0, 0.1) is 0 Å². The van der Waals surface area contributed by atoms with Gasteiger partial charge in [-0.25, -0.2) is 0 Å². The average molecular weight is 220 g/mol. The van der Waals surface area contributed by atoms with Gasteiger partial charge in [0.2, 0.25) is 0 Å². The van der Waals surface area contributed by atoms with Crippen LogP contribution in [0.15, 0.2) is 18.2 Å². The molecule has 0 unspecified atom stereocenters. The lowest BCUT2D eigenvalue weighted by Crippen LogP contribution is -1.68. The Kier molecular flexibility index (Phi) is 1.95. The molecular formula is C8H4Cl3N. The standard InChI is InChI=1S/C8H4Cl3N/c9-5-3-1-2-4-6(10)8(11)12-7(4)5/h1-3,12H. The van der Waals surface area contributed by atoms with Crippen molar-refractivity contribution in [2.24, 2.45) is 0 Å². The van der Waals surface area contributed by atoms with E-state index in [-0.39, 0.29) is 0 Å². The third-order valence-corrected chi connectivity index (χ3v) is 2.77. The summed E-state index contributed by atoms with van der Waals surface area (Å²) in [4.78, 5) is 2.90. The van der Waals surface area contributed by atoms with Gasteiger partial charge in [-0.15, -0.1) is 0 Å². The van der Waals surface area contributed by atoms with Crippen LogP contribution in [0.2, 0.25) is 15.2 Å². The fraction of sp³-hybridized carbons (Fsp3) is 0. The van der Waals surface area contributed by atoms with E-state index in [0.29, 0.717) is 15.2 Å². The summed E-state index contributed by atoms with van der Waals surface area (Å²) in [5, 5.41) is 2.43. The fourth-order valence-electron chi connectivity index (χ4n) is 1.12. The summed E-state index contributed by atoms with van der Waals surface area (Å²) in [5.41, 5.74) is 0.786. The molecule has 1 aromatic carbocycles. The molecule has 62 valence electrons. The maximum Gasteiger partial charge on any atom is 0.126 e. The van der Waals surface area contributed by atoms with Gasteiger partial charge in [0.25, 0.3) is 0 Å². The molecule has 4 heteroatoms. The van der Waals surface area contributed by atoms with Gasteiger partial charge >= 0.3 is 0 Å². The molecule has 0 aliphatic heterocycles. The van der Waals surface area contributed by atoms with Crippen LogP contribution >= 0.6 is 34.8 Å². The fourth-order valence-corrected chi connectivity index (χ4v) is 1.74. The van der Waals surface area contributed by atoms with Crippen molar-refractivity contribution in [3.63, 3.8) is 0 Å². The molecule has 0 saturated heterocycles. The highest BCUT2D eigenvalue weighted by Gasteiger charge is 2.08. The maximum atomic E-state index is 5.89. The summed E-state index contributed by atoms with van der Waals surface area (Å²) in [6.07, 6.45) is 0. The van der Waals surface area contributed by atoms with E-state index in [1.54, 1.807) is 6.07 Å². The first kappa shape index (κ1) is 8.24. The predicted molar refractivity (Wildman–Crippen MR) is 53.3 cm³/mol. The van der Waals surface area contributed by atoms with E-state index in [2.05, 4.69) is 4.98 Å². The topological polar surface area (TPSA) is 15.8 Å². The molecule has 1 aromatic heterocycles. The highest BCUT2D eigenvalue weighted by molar-refractivity contribution is 6.46. The second-order valence-corrected chi connectivity index (χ2v) is 3.58. The van der Waals surface area contributed by atoms with Crippen LogP contribution in [-0.4, -0.2) is 4.98 Å². The Labute approximate surface area is 84.2 Å². The molecule has 2 rings (SSSR count). The van der Waals surface area contributed by atoms with Crippen molar-refractivity contribution in [2.45, 2.75) is 0 Å². The number of para-hydroxylation sites is 1. The molecule has 0 amide bonds. The second kappa shape index (κ2) is 2.84. The Hall–Kier alpha value is -0.370. The zero-order valence-electron chi connectivity index (χ0n) is 5.87. The van der Waals surface area contributed by atoms with Gasteiger partial charge in [0.1, 0.15) is 5.15 Å². The first-order valence-corrected chi connectivity index (χ1v) is 4.44. The number of hydrogen-bond acceptors (Lipinski definition) is 0. The smallest absolute Gasteiger partial charge is 0.126 e. The normalized spacial score (nSPS) is 10.9. The van der Waals surface area contributed by atoms with E-state index in [0.717, 1.165) is 10.9 Å². The predicted octanol–water partition coefficient (Wildman–Crippen LogP) is 4.13. The van der Waals surface area contributed by atoms with Gasteiger partial charge in [-0.2, -0.15) is 0 Å². The number of aromatic amines is 1. The molecule has 1 heterocycles. The third kappa shape index (κ3) is 1.09. The van der Waals surface area contributed by atoms with Crippen molar-refractivity contribution >= 4 is 45.7 Å². The lowest BCUT2D eigenvalue weighted by atomic mass is 10.2. The van der Waals surface area contributed by atoms with Crippen molar-refractivity contribution in [3.05, 3.63) is 33.4 Å². The van der Waals surface area contributed by atoms with Crippen LogP contribution in [0.4, 0.5) is 0 Å². The molecule has 0 atom stereocenters. The van der Waals surface area contributed by atoms with Crippen molar-refractivity contribution < 1.29 is 0 Å². The molecule has 0 saturated carbocycles. The van der Waals surface area contributed by atoms with Crippen molar-refractivity contribution in [3.8, 4) is 0 Å². The van der Waals surface area contributed by atoms with Gasteiger partial charge < -0.3 is 4.98 Å².